The van der Waals surface area contributed by atoms with Crippen molar-refractivity contribution in [3.63, 3.8) is 0 Å². The number of hydrogen-bond acceptors (Lipinski definition) is 1. The van der Waals surface area contributed by atoms with Crippen LogP contribution in [0.25, 0.3) is 0 Å². The molecule has 0 radical (unpaired) electrons. The molecule has 0 aromatic heterocycles. The van der Waals surface area contributed by atoms with E-state index in [-0.39, 0.29) is 11.5 Å². The van der Waals surface area contributed by atoms with E-state index in [2.05, 4.69) is 22.5 Å². The highest BCUT2D eigenvalue weighted by molar-refractivity contribution is 9.09. The molecule has 1 nitrogen and oxygen atoms in total. The van der Waals surface area contributed by atoms with Crippen molar-refractivity contribution in [2.45, 2.75) is 13.3 Å². The van der Waals surface area contributed by atoms with E-state index in [9.17, 15) is 4.39 Å². The fourth-order valence-electron chi connectivity index (χ4n) is 0.724. The lowest BCUT2D eigenvalue weighted by molar-refractivity contribution is 0.641. The minimum absolute atomic E-state index is 0.0918. The maximum Gasteiger partial charge on any atom is 0.149 e. The summed E-state index contributed by atoms with van der Waals surface area (Å²) in [4.78, 5) is 0. The van der Waals surface area contributed by atoms with Crippen molar-refractivity contribution < 1.29 is 4.39 Å². The Bertz CT molecular complexity index is 219. The molecular formula is C9H13BrFN. The topological polar surface area (TPSA) is 26.0 Å². The van der Waals surface area contributed by atoms with E-state index in [0.717, 1.165) is 6.42 Å². The van der Waals surface area contributed by atoms with E-state index in [4.69, 9.17) is 5.73 Å². The third kappa shape index (κ3) is 3.22. The lowest BCUT2D eigenvalue weighted by atomic mass is 10.2. The molecule has 3 heteroatoms. The van der Waals surface area contributed by atoms with Crippen LogP contribution < -0.4 is 5.73 Å². The van der Waals surface area contributed by atoms with Gasteiger partial charge in [0, 0.05) is 5.33 Å². The van der Waals surface area contributed by atoms with Crippen LogP contribution in [0.1, 0.15) is 13.3 Å². The average Bonchev–Trinajstić information content (AvgIpc) is 2.11. The molecule has 0 amide bonds. The van der Waals surface area contributed by atoms with Crippen LogP contribution in [0, 0.1) is 0 Å². The average molecular weight is 234 g/mol. The highest BCUT2D eigenvalue weighted by atomic mass is 79.9. The summed E-state index contributed by atoms with van der Waals surface area (Å²) in [5.41, 5.74) is 6.02. The van der Waals surface area contributed by atoms with Crippen molar-refractivity contribution in [3.8, 4) is 0 Å². The van der Waals surface area contributed by atoms with Gasteiger partial charge in [-0.05, 0) is 18.1 Å². The van der Waals surface area contributed by atoms with Gasteiger partial charge in [0.05, 0.1) is 5.70 Å². The van der Waals surface area contributed by atoms with Gasteiger partial charge in [-0.15, -0.1) is 0 Å². The highest BCUT2D eigenvalue weighted by Crippen LogP contribution is 2.17. The van der Waals surface area contributed by atoms with E-state index in [0.29, 0.717) is 10.9 Å². The second kappa shape index (κ2) is 6.00. The molecule has 0 saturated heterocycles. The van der Waals surface area contributed by atoms with E-state index >= 15 is 0 Å². The molecule has 12 heavy (non-hydrogen) atoms. The summed E-state index contributed by atoms with van der Waals surface area (Å²) in [5, 5.41) is 0.473. The third-order valence-electron chi connectivity index (χ3n) is 1.35. The molecule has 68 valence electrons. The van der Waals surface area contributed by atoms with E-state index in [1.807, 2.05) is 6.92 Å². The molecule has 0 spiro atoms. The number of hydrogen-bond donors (Lipinski definition) is 1. The first-order valence-electron chi connectivity index (χ1n) is 3.70. The van der Waals surface area contributed by atoms with Crippen molar-refractivity contribution >= 4 is 15.9 Å². The SMILES string of the molecule is C=C/C(N)=C(F)\C(=C/CC)CBr. The standard InChI is InChI=1S/C9H13BrFN/c1-3-5-7(6-10)9(11)8(12)4-2/h4-5H,2-3,6,12H2,1H3/b7-5-,9-8-. The fraction of sp³-hybridized carbons (Fsp3) is 0.333. The van der Waals surface area contributed by atoms with Gasteiger partial charge in [-0.3, -0.25) is 0 Å². The molecule has 0 rings (SSSR count). The quantitative estimate of drug-likeness (QED) is 0.587. The van der Waals surface area contributed by atoms with Crippen LogP contribution in [-0.2, 0) is 0 Å². The number of halogens is 2. The highest BCUT2D eigenvalue weighted by Gasteiger charge is 2.04. The zero-order chi connectivity index (χ0) is 9.56. The maximum atomic E-state index is 13.2. The van der Waals surface area contributed by atoms with Gasteiger partial charge in [-0.2, -0.15) is 0 Å². The third-order valence-corrected chi connectivity index (χ3v) is 1.95. The molecular weight excluding hydrogens is 221 g/mol. The smallest absolute Gasteiger partial charge is 0.149 e. The van der Waals surface area contributed by atoms with Crippen LogP contribution in [0.15, 0.2) is 35.8 Å². The Balaban J connectivity index is 4.74. The Morgan fingerprint density at radius 1 is 1.67 bits per heavy atom. The Labute approximate surface area is 81.0 Å². The number of allylic oxidation sites excluding steroid dienone is 4. The molecule has 0 aromatic rings. The Hall–Kier alpha value is -0.570. The van der Waals surface area contributed by atoms with Crippen LogP contribution in [0.5, 0.6) is 0 Å². The molecule has 0 aliphatic carbocycles. The molecule has 0 fully saturated rings. The van der Waals surface area contributed by atoms with E-state index in [1.54, 1.807) is 6.08 Å². The summed E-state index contributed by atoms with van der Waals surface area (Å²) in [6.07, 6.45) is 3.89. The second-order valence-electron chi connectivity index (χ2n) is 2.24. The molecule has 0 aromatic carbocycles. The van der Waals surface area contributed by atoms with Gasteiger partial charge in [0.15, 0.2) is 0 Å². The number of alkyl halides is 1. The summed E-state index contributed by atoms with van der Waals surface area (Å²) < 4.78 is 13.2. The molecule has 0 aliphatic rings. The van der Waals surface area contributed by atoms with Crippen LogP contribution in [0.3, 0.4) is 0 Å². The van der Waals surface area contributed by atoms with Crippen LogP contribution in [0.2, 0.25) is 0 Å². The molecule has 0 bridgehead atoms. The number of nitrogens with two attached hydrogens (primary N) is 1. The van der Waals surface area contributed by atoms with Gasteiger partial charge in [-0.1, -0.05) is 35.5 Å². The van der Waals surface area contributed by atoms with Crippen molar-refractivity contribution in [1.29, 1.82) is 0 Å². The van der Waals surface area contributed by atoms with Crippen LogP contribution >= 0.6 is 15.9 Å². The van der Waals surface area contributed by atoms with E-state index < -0.39 is 0 Å². The molecule has 0 aliphatic heterocycles. The minimum Gasteiger partial charge on any atom is -0.396 e. The molecule has 0 saturated carbocycles. The lowest BCUT2D eigenvalue weighted by Crippen LogP contribution is -1.99. The predicted octanol–water partition coefficient (Wildman–Crippen LogP) is 3.04. The van der Waals surface area contributed by atoms with Gasteiger partial charge in [0.1, 0.15) is 5.83 Å². The molecule has 0 heterocycles. The summed E-state index contributed by atoms with van der Waals surface area (Å²) in [6.45, 7) is 5.34. The molecule has 2 N–H and O–H groups in total. The van der Waals surface area contributed by atoms with Crippen LogP contribution in [-0.4, -0.2) is 5.33 Å². The Morgan fingerprint density at radius 2 is 2.25 bits per heavy atom. The van der Waals surface area contributed by atoms with Gasteiger partial charge in [0.25, 0.3) is 0 Å². The normalized spacial score (nSPS) is 14.1. The summed E-state index contributed by atoms with van der Waals surface area (Å²) in [7, 11) is 0. The first-order chi connectivity index (χ1) is 5.67. The first-order valence-corrected chi connectivity index (χ1v) is 4.82. The first kappa shape index (κ1) is 11.4. The molecule has 0 atom stereocenters. The van der Waals surface area contributed by atoms with Gasteiger partial charge in [0.2, 0.25) is 0 Å². The maximum absolute atomic E-state index is 13.2. The van der Waals surface area contributed by atoms with Crippen molar-refractivity contribution in [1.82, 2.24) is 0 Å². The fourth-order valence-corrected chi connectivity index (χ4v) is 1.20. The Morgan fingerprint density at radius 3 is 2.58 bits per heavy atom. The minimum atomic E-state index is -0.385. The van der Waals surface area contributed by atoms with Crippen molar-refractivity contribution in [2.75, 3.05) is 5.33 Å². The van der Waals surface area contributed by atoms with Gasteiger partial charge in [-0.25, -0.2) is 4.39 Å². The van der Waals surface area contributed by atoms with Crippen molar-refractivity contribution in [3.05, 3.63) is 35.8 Å². The summed E-state index contributed by atoms with van der Waals surface area (Å²) in [5.74, 6) is -0.385. The van der Waals surface area contributed by atoms with Gasteiger partial charge >= 0.3 is 0 Å². The second-order valence-corrected chi connectivity index (χ2v) is 2.81. The van der Waals surface area contributed by atoms with Crippen molar-refractivity contribution in [2.24, 2.45) is 5.73 Å². The van der Waals surface area contributed by atoms with Gasteiger partial charge < -0.3 is 5.73 Å². The van der Waals surface area contributed by atoms with E-state index in [1.165, 1.54) is 6.08 Å². The summed E-state index contributed by atoms with van der Waals surface area (Å²) in [6, 6.07) is 0. The van der Waals surface area contributed by atoms with Crippen LogP contribution in [0.4, 0.5) is 4.39 Å². The zero-order valence-electron chi connectivity index (χ0n) is 7.11. The largest absolute Gasteiger partial charge is 0.396 e. The summed E-state index contributed by atoms with van der Waals surface area (Å²) >= 11 is 3.18. The zero-order valence-corrected chi connectivity index (χ0v) is 8.70. The number of rotatable bonds is 4. The lowest BCUT2D eigenvalue weighted by Gasteiger charge is -2.01. The Kier molecular flexibility index (Phi) is 5.72. The molecule has 0 unspecified atom stereocenters. The monoisotopic (exact) mass is 233 g/mol. The predicted molar refractivity (Wildman–Crippen MR) is 54.7 cm³/mol.